The predicted molar refractivity (Wildman–Crippen MR) is 117 cm³/mol. The van der Waals surface area contributed by atoms with E-state index in [2.05, 4.69) is 15.4 Å². The van der Waals surface area contributed by atoms with Crippen molar-refractivity contribution in [3.8, 4) is 0 Å². The van der Waals surface area contributed by atoms with E-state index in [1.807, 2.05) is 24.3 Å². The molecule has 1 aliphatic rings. The summed E-state index contributed by atoms with van der Waals surface area (Å²) in [5, 5.41) is 6.96. The Morgan fingerprint density at radius 1 is 1.12 bits per heavy atom. The van der Waals surface area contributed by atoms with Crippen LogP contribution in [-0.4, -0.2) is 45.7 Å². The molecular formula is C23H23N5O4. The second-order valence-corrected chi connectivity index (χ2v) is 7.45. The molecule has 9 heteroatoms. The number of ether oxygens (including phenoxy) is 1. The highest BCUT2D eigenvalue weighted by Gasteiger charge is 2.35. The molecule has 1 atom stereocenters. The maximum atomic E-state index is 12.7. The van der Waals surface area contributed by atoms with Crippen molar-refractivity contribution >= 4 is 29.2 Å². The molecule has 0 spiro atoms. The number of aromatic nitrogens is 3. The highest BCUT2D eigenvalue weighted by molar-refractivity contribution is 6.03. The SMILES string of the molecule is CCOC(=O)c1ccc(N2CC(C(=O)Nc3ccc(Cn4cncn4)cc3)CC2=O)cc1. The number of carbonyl (C=O) groups excluding carboxylic acids is 3. The third kappa shape index (κ3) is 4.83. The first-order valence-electron chi connectivity index (χ1n) is 10.3. The quantitative estimate of drug-likeness (QED) is 0.574. The summed E-state index contributed by atoms with van der Waals surface area (Å²) >= 11 is 0. The maximum absolute atomic E-state index is 12.7. The molecule has 2 amide bonds. The smallest absolute Gasteiger partial charge is 0.338 e. The summed E-state index contributed by atoms with van der Waals surface area (Å²) in [6.45, 7) is 2.92. The first-order valence-corrected chi connectivity index (χ1v) is 10.3. The molecule has 32 heavy (non-hydrogen) atoms. The summed E-state index contributed by atoms with van der Waals surface area (Å²) in [5.74, 6) is -1.19. The van der Waals surface area contributed by atoms with Gasteiger partial charge in [0, 0.05) is 24.3 Å². The maximum Gasteiger partial charge on any atom is 0.338 e. The van der Waals surface area contributed by atoms with E-state index in [4.69, 9.17) is 4.74 Å². The third-order valence-corrected chi connectivity index (χ3v) is 5.22. The lowest BCUT2D eigenvalue weighted by molar-refractivity contribution is -0.122. The Balaban J connectivity index is 1.35. The van der Waals surface area contributed by atoms with Crippen molar-refractivity contribution in [1.29, 1.82) is 0 Å². The Bertz CT molecular complexity index is 1090. The molecule has 2 aromatic carbocycles. The lowest BCUT2D eigenvalue weighted by Crippen LogP contribution is -2.28. The molecule has 0 radical (unpaired) electrons. The Morgan fingerprint density at radius 3 is 2.53 bits per heavy atom. The number of carbonyl (C=O) groups is 3. The molecule has 3 aromatic rings. The third-order valence-electron chi connectivity index (χ3n) is 5.22. The topological polar surface area (TPSA) is 106 Å². The number of nitrogens with zero attached hydrogens (tertiary/aromatic N) is 4. The van der Waals surface area contributed by atoms with Crippen LogP contribution < -0.4 is 10.2 Å². The molecule has 4 rings (SSSR count). The fraction of sp³-hybridized carbons (Fsp3) is 0.261. The number of nitrogens with one attached hydrogen (secondary N) is 1. The van der Waals surface area contributed by atoms with Crippen LogP contribution in [0.25, 0.3) is 0 Å². The van der Waals surface area contributed by atoms with Crippen molar-refractivity contribution in [3.05, 3.63) is 72.3 Å². The average Bonchev–Trinajstić information content (AvgIpc) is 3.45. The molecule has 0 saturated carbocycles. The lowest BCUT2D eigenvalue weighted by Gasteiger charge is -2.17. The molecule has 2 heterocycles. The van der Waals surface area contributed by atoms with Crippen LogP contribution >= 0.6 is 0 Å². The van der Waals surface area contributed by atoms with Crippen molar-refractivity contribution in [2.75, 3.05) is 23.4 Å². The van der Waals surface area contributed by atoms with Gasteiger partial charge in [0.1, 0.15) is 12.7 Å². The van der Waals surface area contributed by atoms with Gasteiger partial charge in [0.05, 0.1) is 24.6 Å². The van der Waals surface area contributed by atoms with E-state index >= 15 is 0 Å². The van der Waals surface area contributed by atoms with Crippen molar-refractivity contribution in [2.45, 2.75) is 19.9 Å². The van der Waals surface area contributed by atoms with Gasteiger partial charge in [-0.2, -0.15) is 5.10 Å². The zero-order valence-electron chi connectivity index (χ0n) is 17.6. The summed E-state index contributed by atoms with van der Waals surface area (Å²) < 4.78 is 6.69. The monoisotopic (exact) mass is 433 g/mol. The molecule has 9 nitrogen and oxygen atoms in total. The average molecular weight is 433 g/mol. The highest BCUT2D eigenvalue weighted by atomic mass is 16.5. The summed E-state index contributed by atoms with van der Waals surface area (Å²) in [6, 6.07) is 14.1. The van der Waals surface area contributed by atoms with Gasteiger partial charge in [-0.25, -0.2) is 14.5 Å². The molecule has 1 fully saturated rings. The van der Waals surface area contributed by atoms with Crippen LogP contribution in [-0.2, 0) is 20.9 Å². The standard InChI is InChI=1S/C23H23N5O4/c1-2-32-23(31)17-5-9-20(10-6-17)28-13-18(11-21(28)29)22(30)26-19-7-3-16(4-8-19)12-27-15-24-14-25-27/h3-10,14-15,18H,2,11-13H2,1H3,(H,26,30). The van der Waals surface area contributed by atoms with Crippen molar-refractivity contribution in [2.24, 2.45) is 5.92 Å². The van der Waals surface area contributed by atoms with E-state index in [1.165, 1.54) is 6.33 Å². The second kappa shape index (κ2) is 9.42. The summed E-state index contributed by atoms with van der Waals surface area (Å²) in [4.78, 5) is 42.5. The summed E-state index contributed by atoms with van der Waals surface area (Å²) in [7, 11) is 0. The lowest BCUT2D eigenvalue weighted by atomic mass is 10.1. The molecular weight excluding hydrogens is 410 g/mol. The predicted octanol–water partition coefficient (Wildman–Crippen LogP) is 2.49. The number of esters is 1. The van der Waals surface area contributed by atoms with E-state index in [0.717, 1.165) is 5.56 Å². The molecule has 1 N–H and O–H groups in total. The number of hydrogen-bond acceptors (Lipinski definition) is 6. The Morgan fingerprint density at radius 2 is 1.88 bits per heavy atom. The molecule has 0 aliphatic carbocycles. The molecule has 164 valence electrons. The number of rotatable bonds is 7. The molecule has 1 aliphatic heterocycles. The minimum absolute atomic E-state index is 0.128. The minimum atomic E-state index is -0.456. The van der Waals surface area contributed by atoms with Crippen LogP contribution in [0.2, 0.25) is 0 Å². The van der Waals surface area contributed by atoms with Gasteiger partial charge in [-0.05, 0) is 48.9 Å². The van der Waals surface area contributed by atoms with Crippen molar-refractivity contribution in [1.82, 2.24) is 14.8 Å². The molecule has 1 aromatic heterocycles. The van der Waals surface area contributed by atoms with Crippen LogP contribution in [0.1, 0.15) is 29.3 Å². The van der Waals surface area contributed by atoms with Crippen LogP contribution in [0.3, 0.4) is 0 Å². The van der Waals surface area contributed by atoms with Crippen LogP contribution in [0.4, 0.5) is 11.4 Å². The Labute approximate surface area is 185 Å². The molecule has 1 unspecified atom stereocenters. The van der Waals surface area contributed by atoms with Crippen molar-refractivity contribution < 1.29 is 19.1 Å². The van der Waals surface area contributed by atoms with Gasteiger partial charge in [-0.3, -0.25) is 9.59 Å². The molecule has 1 saturated heterocycles. The van der Waals surface area contributed by atoms with Gasteiger partial charge in [-0.15, -0.1) is 0 Å². The summed E-state index contributed by atoms with van der Waals surface area (Å²) in [6.07, 6.45) is 3.26. The van der Waals surface area contributed by atoms with E-state index in [1.54, 1.807) is 47.1 Å². The fourth-order valence-corrected chi connectivity index (χ4v) is 3.56. The van der Waals surface area contributed by atoms with Crippen LogP contribution in [0.15, 0.2) is 61.2 Å². The number of benzene rings is 2. The van der Waals surface area contributed by atoms with Gasteiger partial charge in [0.2, 0.25) is 11.8 Å². The first kappa shape index (κ1) is 21.2. The number of anilines is 2. The minimum Gasteiger partial charge on any atom is -0.462 e. The largest absolute Gasteiger partial charge is 0.462 e. The van der Waals surface area contributed by atoms with Gasteiger partial charge >= 0.3 is 5.97 Å². The van der Waals surface area contributed by atoms with Gasteiger partial charge in [-0.1, -0.05) is 12.1 Å². The van der Waals surface area contributed by atoms with E-state index < -0.39 is 11.9 Å². The van der Waals surface area contributed by atoms with Gasteiger partial charge in [0.25, 0.3) is 0 Å². The fourth-order valence-electron chi connectivity index (χ4n) is 3.56. The highest BCUT2D eigenvalue weighted by Crippen LogP contribution is 2.26. The first-order chi connectivity index (χ1) is 15.5. The van der Waals surface area contributed by atoms with Crippen molar-refractivity contribution in [3.63, 3.8) is 0 Å². The zero-order chi connectivity index (χ0) is 22.5. The van der Waals surface area contributed by atoms with E-state index in [-0.39, 0.29) is 24.8 Å². The van der Waals surface area contributed by atoms with E-state index in [9.17, 15) is 14.4 Å². The van der Waals surface area contributed by atoms with Crippen LogP contribution in [0.5, 0.6) is 0 Å². The number of amides is 2. The number of hydrogen-bond donors (Lipinski definition) is 1. The molecule has 0 bridgehead atoms. The van der Waals surface area contributed by atoms with E-state index in [0.29, 0.717) is 30.1 Å². The Hall–Kier alpha value is -4.01. The normalized spacial score (nSPS) is 15.6. The second-order valence-electron chi connectivity index (χ2n) is 7.45. The zero-order valence-corrected chi connectivity index (χ0v) is 17.6. The summed E-state index contributed by atoms with van der Waals surface area (Å²) in [5.41, 5.74) is 2.77. The van der Waals surface area contributed by atoms with Gasteiger partial charge in [0.15, 0.2) is 0 Å². The van der Waals surface area contributed by atoms with Gasteiger partial charge < -0.3 is 15.0 Å². The Kier molecular flexibility index (Phi) is 6.25. The van der Waals surface area contributed by atoms with Crippen LogP contribution in [0, 0.1) is 5.92 Å².